The minimum atomic E-state index is -4.27. The van der Waals surface area contributed by atoms with Crippen molar-refractivity contribution in [3.63, 3.8) is 0 Å². The van der Waals surface area contributed by atoms with Gasteiger partial charge in [0.2, 0.25) is 21.1 Å². The lowest BCUT2D eigenvalue weighted by Gasteiger charge is -2.36. The van der Waals surface area contributed by atoms with Gasteiger partial charge in [-0.05, 0) is 42.8 Å². The topological polar surface area (TPSA) is 104 Å². The minimum Gasteiger partial charge on any atom is -0.339 e. The summed E-state index contributed by atoms with van der Waals surface area (Å²) in [6, 6.07) is 13.5. The summed E-state index contributed by atoms with van der Waals surface area (Å²) in [6.45, 7) is 2.90. The van der Waals surface area contributed by atoms with Crippen molar-refractivity contribution in [2.45, 2.75) is 30.0 Å². The van der Waals surface area contributed by atoms with Crippen LogP contribution in [-0.4, -0.2) is 67.5 Å². The molecule has 0 aromatic heterocycles. The van der Waals surface area contributed by atoms with Crippen molar-refractivity contribution >= 4 is 39.2 Å². The molecule has 0 aliphatic carbocycles. The standard InChI is InChI=1S/C23H26ClN3O5S/c1-2-6-20(28)26-13-15-27(16-14-26)23(30)22(25-21(29)17-7-4-3-5-8-17)33(31,32)19-11-9-18(24)10-12-19/h3-5,7-12,22H,2,6,13-16H2,1H3,(H,25,29)/t22-/m1/s1. The van der Waals surface area contributed by atoms with Gasteiger partial charge >= 0.3 is 0 Å². The molecule has 1 saturated heterocycles. The number of carbonyl (C=O) groups excluding carboxylic acids is 3. The van der Waals surface area contributed by atoms with Crippen LogP contribution in [0.15, 0.2) is 59.5 Å². The summed E-state index contributed by atoms with van der Waals surface area (Å²) >= 11 is 5.88. The highest BCUT2D eigenvalue weighted by molar-refractivity contribution is 7.92. The molecule has 0 bridgehead atoms. The fourth-order valence-corrected chi connectivity index (χ4v) is 5.13. The van der Waals surface area contributed by atoms with Crippen LogP contribution >= 0.6 is 11.6 Å². The number of nitrogens with zero attached hydrogens (tertiary/aromatic N) is 2. The van der Waals surface area contributed by atoms with Crippen LogP contribution in [0.4, 0.5) is 0 Å². The van der Waals surface area contributed by atoms with E-state index in [4.69, 9.17) is 11.6 Å². The Labute approximate surface area is 198 Å². The van der Waals surface area contributed by atoms with Gasteiger partial charge in [0.05, 0.1) is 4.90 Å². The number of halogens is 1. The monoisotopic (exact) mass is 491 g/mol. The number of hydrogen-bond acceptors (Lipinski definition) is 5. The minimum absolute atomic E-state index is 0.00677. The van der Waals surface area contributed by atoms with E-state index in [-0.39, 0.29) is 29.5 Å². The predicted octanol–water partition coefficient (Wildman–Crippen LogP) is 2.34. The van der Waals surface area contributed by atoms with Crippen molar-refractivity contribution in [3.8, 4) is 0 Å². The van der Waals surface area contributed by atoms with Crippen LogP contribution in [-0.2, 0) is 19.4 Å². The van der Waals surface area contributed by atoms with E-state index in [1.807, 2.05) is 6.92 Å². The highest BCUT2D eigenvalue weighted by atomic mass is 35.5. The zero-order valence-corrected chi connectivity index (χ0v) is 19.8. The smallest absolute Gasteiger partial charge is 0.261 e. The molecule has 2 aromatic rings. The second kappa shape index (κ2) is 10.8. The van der Waals surface area contributed by atoms with E-state index in [0.29, 0.717) is 24.5 Å². The molecule has 10 heteroatoms. The summed E-state index contributed by atoms with van der Waals surface area (Å²) in [7, 11) is -4.27. The molecule has 3 rings (SSSR count). The van der Waals surface area contributed by atoms with Crippen LogP contribution in [0, 0.1) is 0 Å². The number of benzene rings is 2. The molecular formula is C23H26ClN3O5S. The van der Waals surface area contributed by atoms with Crippen LogP contribution in [0.2, 0.25) is 5.02 Å². The Morgan fingerprint density at radius 3 is 2.09 bits per heavy atom. The molecule has 1 fully saturated rings. The lowest BCUT2D eigenvalue weighted by atomic mass is 10.2. The predicted molar refractivity (Wildman–Crippen MR) is 124 cm³/mol. The van der Waals surface area contributed by atoms with Crippen molar-refractivity contribution < 1.29 is 22.8 Å². The van der Waals surface area contributed by atoms with E-state index in [9.17, 15) is 22.8 Å². The van der Waals surface area contributed by atoms with Crippen molar-refractivity contribution in [2.75, 3.05) is 26.2 Å². The fourth-order valence-electron chi connectivity index (χ4n) is 3.54. The normalized spacial score (nSPS) is 15.1. The average molecular weight is 492 g/mol. The molecule has 0 saturated carbocycles. The second-order valence-corrected chi connectivity index (χ2v) is 10.1. The van der Waals surface area contributed by atoms with E-state index < -0.39 is 27.0 Å². The molecule has 0 radical (unpaired) electrons. The Bertz CT molecular complexity index is 1100. The van der Waals surface area contributed by atoms with Crippen molar-refractivity contribution in [3.05, 3.63) is 65.2 Å². The second-order valence-electron chi connectivity index (χ2n) is 7.67. The third-order valence-electron chi connectivity index (χ3n) is 5.38. The SMILES string of the molecule is CCCC(=O)N1CCN(C(=O)[C@H](NC(=O)c2ccccc2)S(=O)(=O)c2ccc(Cl)cc2)CC1. The molecule has 33 heavy (non-hydrogen) atoms. The Morgan fingerprint density at radius 1 is 0.939 bits per heavy atom. The zero-order chi connectivity index (χ0) is 24.0. The van der Waals surface area contributed by atoms with E-state index in [0.717, 1.165) is 6.42 Å². The average Bonchev–Trinajstić information content (AvgIpc) is 2.83. The molecule has 3 amide bonds. The third kappa shape index (κ3) is 5.91. The number of hydrogen-bond donors (Lipinski definition) is 1. The Hall–Kier alpha value is -2.91. The maximum Gasteiger partial charge on any atom is 0.261 e. The molecule has 176 valence electrons. The molecule has 1 aliphatic heterocycles. The lowest BCUT2D eigenvalue weighted by molar-refractivity contribution is -0.139. The lowest BCUT2D eigenvalue weighted by Crippen LogP contribution is -2.57. The third-order valence-corrected chi connectivity index (χ3v) is 7.50. The summed E-state index contributed by atoms with van der Waals surface area (Å²) < 4.78 is 26.8. The highest BCUT2D eigenvalue weighted by Crippen LogP contribution is 2.20. The Balaban J connectivity index is 1.85. The number of piperazine rings is 1. The van der Waals surface area contributed by atoms with Crippen LogP contribution < -0.4 is 5.32 Å². The first-order chi connectivity index (χ1) is 15.7. The zero-order valence-electron chi connectivity index (χ0n) is 18.2. The van der Waals surface area contributed by atoms with Gasteiger partial charge in [0.1, 0.15) is 0 Å². The van der Waals surface area contributed by atoms with Gasteiger partial charge in [-0.2, -0.15) is 0 Å². The summed E-state index contributed by atoms with van der Waals surface area (Å²) in [5.41, 5.74) is 0.233. The van der Waals surface area contributed by atoms with Crippen molar-refractivity contribution in [2.24, 2.45) is 0 Å². The van der Waals surface area contributed by atoms with Gasteiger partial charge in [-0.1, -0.05) is 36.7 Å². The fraction of sp³-hybridized carbons (Fsp3) is 0.348. The Morgan fingerprint density at radius 2 is 1.52 bits per heavy atom. The Kier molecular flexibility index (Phi) is 8.10. The first-order valence-corrected chi connectivity index (χ1v) is 12.6. The number of carbonyl (C=O) groups is 3. The van der Waals surface area contributed by atoms with Crippen LogP contribution in [0.1, 0.15) is 30.1 Å². The highest BCUT2D eigenvalue weighted by Gasteiger charge is 2.39. The van der Waals surface area contributed by atoms with Gasteiger partial charge in [-0.3, -0.25) is 14.4 Å². The summed E-state index contributed by atoms with van der Waals surface area (Å²) in [6.07, 6.45) is 1.15. The first-order valence-electron chi connectivity index (χ1n) is 10.7. The van der Waals surface area contributed by atoms with E-state index in [1.165, 1.54) is 41.3 Å². The van der Waals surface area contributed by atoms with Crippen LogP contribution in [0.25, 0.3) is 0 Å². The quantitative estimate of drug-likeness (QED) is 0.640. The van der Waals surface area contributed by atoms with Gasteiger partial charge in [0.25, 0.3) is 11.8 Å². The molecule has 1 aliphatic rings. The summed E-state index contributed by atoms with van der Waals surface area (Å²) in [4.78, 5) is 41.2. The molecule has 2 aromatic carbocycles. The molecule has 0 spiro atoms. The van der Waals surface area contributed by atoms with Crippen LogP contribution in [0.5, 0.6) is 0 Å². The van der Waals surface area contributed by atoms with Crippen molar-refractivity contribution in [1.82, 2.24) is 15.1 Å². The number of sulfone groups is 1. The van der Waals surface area contributed by atoms with E-state index in [1.54, 1.807) is 23.1 Å². The molecule has 1 N–H and O–H groups in total. The van der Waals surface area contributed by atoms with E-state index in [2.05, 4.69) is 5.32 Å². The maximum absolute atomic E-state index is 13.4. The molecule has 1 atom stereocenters. The number of amides is 3. The molecule has 0 unspecified atom stereocenters. The van der Waals surface area contributed by atoms with Crippen molar-refractivity contribution in [1.29, 1.82) is 0 Å². The first kappa shape index (κ1) is 24.7. The maximum atomic E-state index is 13.4. The van der Waals surface area contributed by atoms with Gasteiger partial charge in [0.15, 0.2) is 0 Å². The number of rotatable bonds is 7. The van der Waals surface area contributed by atoms with Gasteiger partial charge in [0, 0.05) is 43.2 Å². The summed E-state index contributed by atoms with van der Waals surface area (Å²) in [5.74, 6) is -1.41. The largest absolute Gasteiger partial charge is 0.339 e. The summed E-state index contributed by atoms with van der Waals surface area (Å²) in [5, 5.41) is 0.936. The van der Waals surface area contributed by atoms with E-state index >= 15 is 0 Å². The van der Waals surface area contributed by atoms with Gasteiger partial charge < -0.3 is 15.1 Å². The molecule has 1 heterocycles. The molecule has 8 nitrogen and oxygen atoms in total. The van der Waals surface area contributed by atoms with Gasteiger partial charge in [-0.25, -0.2) is 8.42 Å². The molecular weight excluding hydrogens is 466 g/mol. The van der Waals surface area contributed by atoms with Crippen LogP contribution in [0.3, 0.4) is 0 Å². The number of nitrogens with one attached hydrogen (secondary N) is 1. The van der Waals surface area contributed by atoms with Gasteiger partial charge in [-0.15, -0.1) is 0 Å².